The van der Waals surface area contributed by atoms with Gasteiger partial charge in [-0.3, -0.25) is 20.0 Å². The van der Waals surface area contributed by atoms with Crippen molar-refractivity contribution in [3.8, 4) is 0 Å². The first kappa shape index (κ1) is 20.2. The molecule has 0 spiro atoms. The highest BCUT2D eigenvalue weighted by molar-refractivity contribution is 6.31. The average molecular weight is 395 g/mol. The van der Waals surface area contributed by atoms with Gasteiger partial charge in [0.1, 0.15) is 0 Å². The van der Waals surface area contributed by atoms with Crippen molar-refractivity contribution in [2.24, 2.45) is 5.10 Å². The number of nitro groups is 1. The average Bonchev–Trinajstić information content (AvgIpc) is 2.63. The number of benzene rings is 2. The Hall–Kier alpha value is -2.15. The first-order valence-electron chi connectivity index (χ1n) is 8.11. The van der Waals surface area contributed by atoms with Crippen LogP contribution in [0.3, 0.4) is 0 Å². The van der Waals surface area contributed by atoms with Crippen molar-refractivity contribution in [3.05, 3.63) is 74.8 Å². The molecule has 1 fully saturated rings. The third-order valence-corrected chi connectivity index (χ3v) is 4.52. The molecule has 3 rings (SSSR count). The minimum absolute atomic E-state index is 0. The van der Waals surface area contributed by atoms with Gasteiger partial charge in [-0.05, 0) is 11.6 Å². The van der Waals surface area contributed by atoms with Gasteiger partial charge in [0.05, 0.1) is 11.1 Å². The molecule has 0 N–H and O–H groups in total. The Balaban J connectivity index is 0.00000243. The van der Waals surface area contributed by atoms with E-state index in [0.717, 1.165) is 48.9 Å². The molecule has 138 valence electrons. The second kappa shape index (κ2) is 9.52. The van der Waals surface area contributed by atoms with E-state index in [0.29, 0.717) is 0 Å². The van der Waals surface area contributed by atoms with Crippen LogP contribution in [0.5, 0.6) is 0 Å². The van der Waals surface area contributed by atoms with Gasteiger partial charge in [0.15, 0.2) is 0 Å². The van der Waals surface area contributed by atoms with Crippen LogP contribution in [-0.4, -0.2) is 47.2 Å². The van der Waals surface area contributed by atoms with Gasteiger partial charge in [-0.1, -0.05) is 41.9 Å². The van der Waals surface area contributed by atoms with Gasteiger partial charge in [-0.25, -0.2) is 0 Å². The lowest BCUT2D eigenvalue weighted by Gasteiger charge is -2.33. The molecule has 0 saturated carbocycles. The Morgan fingerprint density at radius 1 is 1.12 bits per heavy atom. The summed E-state index contributed by atoms with van der Waals surface area (Å²) in [4.78, 5) is 12.8. The molecule has 0 atom stereocenters. The SMILES string of the molecule is Cl.O=[N+]([O-])c1cccc(C=NN2CCN(Cc3ccccc3Cl)CC2)c1. The van der Waals surface area contributed by atoms with Gasteiger partial charge in [-0.15, -0.1) is 12.4 Å². The molecule has 6 nitrogen and oxygen atoms in total. The zero-order chi connectivity index (χ0) is 17.6. The van der Waals surface area contributed by atoms with Crippen LogP contribution in [0.25, 0.3) is 0 Å². The van der Waals surface area contributed by atoms with Gasteiger partial charge in [-0.2, -0.15) is 5.10 Å². The predicted octanol–water partition coefficient (Wildman–Crippen LogP) is 3.82. The van der Waals surface area contributed by atoms with E-state index >= 15 is 0 Å². The molecule has 0 unspecified atom stereocenters. The molecule has 26 heavy (non-hydrogen) atoms. The summed E-state index contributed by atoms with van der Waals surface area (Å²) in [7, 11) is 0. The van der Waals surface area contributed by atoms with E-state index in [1.165, 1.54) is 12.1 Å². The first-order chi connectivity index (χ1) is 12.1. The highest BCUT2D eigenvalue weighted by Gasteiger charge is 2.16. The van der Waals surface area contributed by atoms with E-state index < -0.39 is 4.92 Å². The van der Waals surface area contributed by atoms with E-state index in [1.54, 1.807) is 12.3 Å². The molecule has 1 saturated heterocycles. The predicted molar refractivity (Wildman–Crippen MR) is 106 cm³/mol. The maximum atomic E-state index is 10.8. The maximum Gasteiger partial charge on any atom is 0.270 e. The monoisotopic (exact) mass is 394 g/mol. The number of rotatable bonds is 5. The number of non-ortho nitro benzene ring substituents is 1. The van der Waals surface area contributed by atoms with Gasteiger partial charge in [0.25, 0.3) is 5.69 Å². The van der Waals surface area contributed by atoms with E-state index in [4.69, 9.17) is 11.6 Å². The van der Waals surface area contributed by atoms with Gasteiger partial charge < -0.3 is 0 Å². The smallest absolute Gasteiger partial charge is 0.270 e. The van der Waals surface area contributed by atoms with Gasteiger partial charge in [0.2, 0.25) is 0 Å². The Labute approximate surface area is 163 Å². The molecule has 1 aliphatic rings. The van der Waals surface area contributed by atoms with Crippen LogP contribution >= 0.6 is 24.0 Å². The van der Waals surface area contributed by atoms with Crippen molar-refractivity contribution in [2.75, 3.05) is 26.2 Å². The van der Waals surface area contributed by atoms with Crippen LogP contribution < -0.4 is 0 Å². The standard InChI is InChI=1S/C18H19ClN4O2.ClH/c19-18-7-2-1-5-16(18)14-21-8-10-22(11-9-21)20-13-15-4-3-6-17(12-15)23(24)25;/h1-7,12-13H,8-11,14H2;1H. The minimum atomic E-state index is -0.398. The molecule has 1 aliphatic heterocycles. The largest absolute Gasteiger partial charge is 0.295 e. The van der Waals surface area contributed by atoms with Crippen LogP contribution in [0.15, 0.2) is 53.6 Å². The first-order valence-corrected chi connectivity index (χ1v) is 8.49. The van der Waals surface area contributed by atoms with Crippen molar-refractivity contribution < 1.29 is 4.92 Å². The number of nitrogens with zero attached hydrogens (tertiary/aromatic N) is 4. The second-order valence-corrected chi connectivity index (χ2v) is 6.33. The number of hydrogen-bond donors (Lipinski definition) is 0. The van der Waals surface area contributed by atoms with Crippen molar-refractivity contribution >= 4 is 35.9 Å². The van der Waals surface area contributed by atoms with Crippen LogP contribution in [-0.2, 0) is 6.54 Å². The highest BCUT2D eigenvalue weighted by atomic mass is 35.5. The Morgan fingerprint density at radius 2 is 1.85 bits per heavy atom. The molecule has 0 aliphatic carbocycles. The molecule has 0 aromatic heterocycles. The molecule has 2 aromatic carbocycles. The van der Waals surface area contributed by atoms with Crippen molar-refractivity contribution in [2.45, 2.75) is 6.54 Å². The van der Waals surface area contributed by atoms with E-state index in [1.807, 2.05) is 29.3 Å². The Kier molecular flexibility index (Phi) is 7.38. The summed E-state index contributed by atoms with van der Waals surface area (Å²) in [6.07, 6.45) is 1.68. The summed E-state index contributed by atoms with van der Waals surface area (Å²) in [5, 5.41) is 18.0. The lowest BCUT2D eigenvalue weighted by molar-refractivity contribution is -0.384. The normalized spacial score (nSPS) is 15.0. The summed E-state index contributed by atoms with van der Waals surface area (Å²) >= 11 is 6.22. The number of piperazine rings is 1. The highest BCUT2D eigenvalue weighted by Crippen LogP contribution is 2.18. The fourth-order valence-corrected chi connectivity index (χ4v) is 2.94. The van der Waals surface area contributed by atoms with Crippen molar-refractivity contribution in [1.29, 1.82) is 0 Å². The van der Waals surface area contributed by atoms with Crippen molar-refractivity contribution in [3.63, 3.8) is 0 Å². The second-order valence-electron chi connectivity index (χ2n) is 5.92. The number of halogens is 2. The molecule has 0 bridgehead atoms. The summed E-state index contributed by atoms with van der Waals surface area (Å²) in [6.45, 7) is 4.27. The summed E-state index contributed by atoms with van der Waals surface area (Å²) in [5.41, 5.74) is 1.94. The fraction of sp³-hybridized carbons (Fsp3) is 0.278. The summed E-state index contributed by atoms with van der Waals surface area (Å²) < 4.78 is 0. The zero-order valence-corrected chi connectivity index (χ0v) is 15.7. The maximum absolute atomic E-state index is 10.8. The molecular formula is C18H20Cl2N4O2. The van der Waals surface area contributed by atoms with Gasteiger partial charge >= 0.3 is 0 Å². The summed E-state index contributed by atoms with van der Waals surface area (Å²) in [6, 6.07) is 14.4. The lowest BCUT2D eigenvalue weighted by atomic mass is 10.2. The van der Waals surface area contributed by atoms with Crippen molar-refractivity contribution in [1.82, 2.24) is 9.91 Å². The third-order valence-electron chi connectivity index (χ3n) is 4.15. The molecular weight excluding hydrogens is 375 g/mol. The Morgan fingerprint density at radius 3 is 2.54 bits per heavy atom. The van der Waals surface area contributed by atoms with Crippen LogP contribution in [0.2, 0.25) is 5.02 Å². The fourth-order valence-electron chi connectivity index (χ4n) is 2.75. The molecule has 0 amide bonds. The third kappa shape index (κ3) is 5.42. The summed E-state index contributed by atoms with van der Waals surface area (Å²) in [5.74, 6) is 0. The van der Waals surface area contributed by atoms with Crippen LogP contribution in [0, 0.1) is 10.1 Å². The molecule has 0 radical (unpaired) electrons. The van der Waals surface area contributed by atoms with Crippen LogP contribution in [0.1, 0.15) is 11.1 Å². The number of hydrazone groups is 1. The minimum Gasteiger partial charge on any atom is -0.295 e. The topological polar surface area (TPSA) is 62.0 Å². The molecule has 2 aromatic rings. The van der Waals surface area contributed by atoms with E-state index in [2.05, 4.69) is 16.1 Å². The van der Waals surface area contributed by atoms with E-state index in [-0.39, 0.29) is 18.1 Å². The Bertz CT molecular complexity index is 777. The van der Waals surface area contributed by atoms with Crippen LogP contribution in [0.4, 0.5) is 5.69 Å². The molecule has 8 heteroatoms. The number of hydrogen-bond acceptors (Lipinski definition) is 5. The van der Waals surface area contributed by atoms with E-state index in [9.17, 15) is 10.1 Å². The molecule has 1 heterocycles. The quantitative estimate of drug-likeness (QED) is 0.439. The number of nitro benzene ring substituents is 1. The van der Waals surface area contributed by atoms with Gasteiger partial charge in [0, 0.05) is 55.4 Å². The lowest BCUT2D eigenvalue weighted by Crippen LogP contribution is -2.43. The zero-order valence-electron chi connectivity index (χ0n) is 14.1.